The van der Waals surface area contributed by atoms with Gasteiger partial charge >= 0.3 is 0 Å². The van der Waals surface area contributed by atoms with E-state index >= 15 is 0 Å². The van der Waals surface area contributed by atoms with Crippen LogP contribution in [-0.2, 0) is 0 Å². The molecule has 76 valence electrons. The van der Waals surface area contributed by atoms with Gasteiger partial charge in [0.25, 0.3) is 0 Å². The lowest BCUT2D eigenvalue weighted by Crippen LogP contribution is -2.13. The quantitative estimate of drug-likeness (QED) is 0.736. The van der Waals surface area contributed by atoms with E-state index in [-0.39, 0.29) is 6.04 Å². The van der Waals surface area contributed by atoms with E-state index < -0.39 is 0 Å². The SMILES string of the molecule is CC(N)c1ccc2c(c1)C(C)CN2C. The van der Waals surface area contributed by atoms with Gasteiger partial charge in [-0.2, -0.15) is 0 Å². The number of nitrogens with zero attached hydrogens (tertiary/aromatic N) is 1. The van der Waals surface area contributed by atoms with Crippen molar-refractivity contribution < 1.29 is 0 Å². The number of hydrogen-bond acceptors (Lipinski definition) is 2. The molecule has 0 spiro atoms. The van der Waals surface area contributed by atoms with E-state index in [9.17, 15) is 0 Å². The van der Waals surface area contributed by atoms with E-state index in [4.69, 9.17) is 5.73 Å². The normalized spacial score (nSPS) is 22.3. The first kappa shape index (κ1) is 9.53. The fourth-order valence-electron chi connectivity index (χ4n) is 2.21. The molecule has 0 aromatic heterocycles. The van der Waals surface area contributed by atoms with Crippen molar-refractivity contribution in [1.29, 1.82) is 0 Å². The number of likely N-dealkylation sites (N-methyl/N-ethyl adjacent to an activating group) is 1. The minimum atomic E-state index is 0.137. The molecule has 0 saturated heterocycles. The minimum absolute atomic E-state index is 0.137. The summed E-state index contributed by atoms with van der Waals surface area (Å²) in [6, 6.07) is 6.72. The second kappa shape index (κ2) is 3.28. The summed E-state index contributed by atoms with van der Waals surface area (Å²) < 4.78 is 0. The Hall–Kier alpha value is -1.02. The van der Waals surface area contributed by atoms with Gasteiger partial charge in [-0.15, -0.1) is 0 Å². The fraction of sp³-hybridized carbons (Fsp3) is 0.500. The molecule has 2 heteroatoms. The van der Waals surface area contributed by atoms with Crippen LogP contribution >= 0.6 is 0 Å². The van der Waals surface area contributed by atoms with Gasteiger partial charge in [0.2, 0.25) is 0 Å². The molecule has 2 atom stereocenters. The Bertz CT molecular complexity index is 344. The van der Waals surface area contributed by atoms with Gasteiger partial charge in [0.05, 0.1) is 0 Å². The lowest BCUT2D eigenvalue weighted by Gasteiger charge is -2.13. The van der Waals surface area contributed by atoms with E-state index in [1.165, 1.54) is 16.8 Å². The summed E-state index contributed by atoms with van der Waals surface area (Å²) in [5, 5.41) is 0. The summed E-state index contributed by atoms with van der Waals surface area (Å²) >= 11 is 0. The predicted octanol–water partition coefficient (Wildman–Crippen LogP) is 2.26. The average molecular weight is 190 g/mol. The molecule has 2 nitrogen and oxygen atoms in total. The number of rotatable bonds is 1. The monoisotopic (exact) mass is 190 g/mol. The van der Waals surface area contributed by atoms with Gasteiger partial charge in [-0.3, -0.25) is 0 Å². The lowest BCUT2D eigenvalue weighted by molar-refractivity contribution is 0.787. The largest absolute Gasteiger partial charge is 0.374 e. The molecule has 0 bridgehead atoms. The second-order valence-corrected chi connectivity index (χ2v) is 4.39. The molecule has 0 radical (unpaired) electrons. The van der Waals surface area contributed by atoms with Crippen LogP contribution < -0.4 is 10.6 Å². The van der Waals surface area contributed by atoms with Crippen LogP contribution in [0.2, 0.25) is 0 Å². The third-order valence-corrected chi connectivity index (χ3v) is 3.07. The Morgan fingerprint density at radius 2 is 2.21 bits per heavy atom. The van der Waals surface area contributed by atoms with E-state index in [2.05, 4.69) is 37.1 Å². The Balaban J connectivity index is 2.45. The predicted molar refractivity (Wildman–Crippen MR) is 60.7 cm³/mol. The molecule has 2 rings (SSSR count). The number of anilines is 1. The maximum atomic E-state index is 5.87. The summed E-state index contributed by atoms with van der Waals surface area (Å²) in [7, 11) is 2.15. The van der Waals surface area contributed by atoms with Gasteiger partial charge < -0.3 is 10.6 Å². The van der Waals surface area contributed by atoms with Gasteiger partial charge in [0, 0.05) is 31.2 Å². The first-order chi connectivity index (χ1) is 6.59. The molecule has 0 aliphatic carbocycles. The van der Waals surface area contributed by atoms with Crippen LogP contribution in [0.15, 0.2) is 18.2 Å². The third kappa shape index (κ3) is 1.40. The summed E-state index contributed by atoms with van der Waals surface area (Å²) in [6.07, 6.45) is 0. The standard InChI is InChI=1S/C12H18N2/c1-8-7-14(3)12-5-4-10(9(2)13)6-11(8)12/h4-6,8-9H,7,13H2,1-3H3. The zero-order valence-electron chi connectivity index (χ0n) is 9.12. The van der Waals surface area contributed by atoms with Crippen molar-refractivity contribution in [1.82, 2.24) is 0 Å². The molecule has 1 aromatic rings. The van der Waals surface area contributed by atoms with Crippen molar-refractivity contribution in [2.45, 2.75) is 25.8 Å². The van der Waals surface area contributed by atoms with Gasteiger partial charge in [0.15, 0.2) is 0 Å². The number of nitrogens with two attached hydrogens (primary N) is 1. The van der Waals surface area contributed by atoms with Crippen LogP contribution in [0.25, 0.3) is 0 Å². The zero-order chi connectivity index (χ0) is 10.3. The number of fused-ring (bicyclic) bond motifs is 1. The average Bonchev–Trinajstić information content (AvgIpc) is 2.42. The first-order valence-corrected chi connectivity index (χ1v) is 5.20. The van der Waals surface area contributed by atoms with E-state index in [1.807, 2.05) is 6.92 Å². The van der Waals surface area contributed by atoms with Gasteiger partial charge in [-0.1, -0.05) is 19.1 Å². The maximum Gasteiger partial charge on any atom is 0.0399 e. The Morgan fingerprint density at radius 3 is 2.86 bits per heavy atom. The van der Waals surface area contributed by atoms with E-state index in [1.54, 1.807) is 0 Å². The van der Waals surface area contributed by atoms with E-state index in [0.717, 1.165) is 6.54 Å². The van der Waals surface area contributed by atoms with Gasteiger partial charge in [0.1, 0.15) is 0 Å². The van der Waals surface area contributed by atoms with Crippen LogP contribution in [0.1, 0.15) is 36.9 Å². The Morgan fingerprint density at radius 1 is 1.50 bits per heavy atom. The molecule has 2 N–H and O–H groups in total. The molecule has 1 aliphatic heterocycles. The van der Waals surface area contributed by atoms with Crippen molar-refractivity contribution in [3.8, 4) is 0 Å². The van der Waals surface area contributed by atoms with Crippen molar-refractivity contribution >= 4 is 5.69 Å². The summed E-state index contributed by atoms with van der Waals surface area (Å²) in [5.41, 5.74) is 9.93. The van der Waals surface area contributed by atoms with Crippen LogP contribution in [0.3, 0.4) is 0 Å². The minimum Gasteiger partial charge on any atom is -0.374 e. The zero-order valence-corrected chi connectivity index (χ0v) is 9.12. The Labute approximate surface area is 85.7 Å². The molecular formula is C12H18N2. The molecule has 0 fully saturated rings. The highest BCUT2D eigenvalue weighted by Crippen LogP contribution is 2.36. The molecule has 14 heavy (non-hydrogen) atoms. The highest BCUT2D eigenvalue weighted by Gasteiger charge is 2.22. The number of benzene rings is 1. The van der Waals surface area contributed by atoms with Crippen molar-refractivity contribution in [2.75, 3.05) is 18.5 Å². The molecule has 0 amide bonds. The maximum absolute atomic E-state index is 5.87. The van der Waals surface area contributed by atoms with Crippen molar-refractivity contribution in [3.63, 3.8) is 0 Å². The van der Waals surface area contributed by atoms with Crippen molar-refractivity contribution in [3.05, 3.63) is 29.3 Å². The molecule has 1 heterocycles. The highest BCUT2D eigenvalue weighted by molar-refractivity contribution is 5.60. The van der Waals surface area contributed by atoms with Gasteiger partial charge in [-0.05, 0) is 24.1 Å². The third-order valence-electron chi connectivity index (χ3n) is 3.07. The van der Waals surface area contributed by atoms with Gasteiger partial charge in [-0.25, -0.2) is 0 Å². The molecule has 1 aliphatic rings. The highest BCUT2D eigenvalue weighted by atomic mass is 15.1. The summed E-state index contributed by atoms with van der Waals surface area (Å²) in [5.74, 6) is 0.633. The smallest absolute Gasteiger partial charge is 0.0399 e. The first-order valence-electron chi connectivity index (χ1n) is 5.20. The molecule has 2 unspecified atom stereocenters. The summed E-state index contributed by atoms with van der Waals surface area (Å²) in [4.78, 5) is 2.31. The van der Waals surface area contributed by atoms with Crippen LogP contribution in [0.4, 0.5) is 5.69 Å². The lowest BCUT2D eigenvalue weighted by atomic mass is 9.99. The molecule has 1 aromatic carbocycles. The second-order valence-electron chi connectivity index (χ2n) is 4.39. The topological polar surface area (TPSA) is 29.3 Å². The molecule has 0 saturated carbocycles. The van der Waals surface area contributed by atoms with Crippen LogP contribution in [0, 0.1) is 0 Å². The number of hydrogen-bond donors (Lipinski definition) is 1. The van der Waals surface area contributed by atoms with Crippen LogP contribution in [-0.4, -0.2) is 13.6 Å². The summed E-state index contributed by atoms with van der Waals surface area (Å²) in [6.45, 7) is 5.43. The fourth-order valence-corrected chi connectivity index (χ4v) is 2.21. The van der Waals surface area contributed by atoms with E-state index in [0.29, 0.717) is 5.92 Å². The molecular weight excluding hydrogens is 172 g/mol. The van der Waals surface area contributed by atoms with Crippen LogP contribution in [0.5, 0.6) is 0 Å². The Kier molecular flexibility index (Phi) is 2.23. The van der Waals surface area contributed by atoms with Crippen molar-refractivity contribution in [2.24, 2.45) is 5.73 Å².